The molecule has 0 fully saturated rings. The van der Waals surface area contributed by atoms with Crippen molar-refractivity contribution in [3.63, 3.8) is 0 Å². The van der Waals surface area contributed by atoms with Gasteiger partial charge < -0.3 is 15.2 Å². The van der Waals surface area contributed by atoms with Crippen molar-refractivity contribution in [1.82, 2.24) is 0 Å². The Labute approximate surface area is 128 Å². The predicted molar refractivity (Wildman–Crippen MR) is 82.6 cm³/mol. The molecule has 112 valence electrons. The predicted octanol–water partition coefficient (Wildman–Crippen LogP) is 3.64. The van der Waals surface area contributed by atoms with E-state index in [4.69, 9.17) is 16.3 Å². The largest absolute Gasteiger partial charge is 0.491 e. The van der Waals surface area contributed by atoms with Crippen molar-refractivity contribution in [2.45, 2.75) is 13.0 Å². The zero-order chi connectivity index (χ0) is 15.2. The van der Waals surface area contributed by atoms with E-state index in [0.717, 1.165) is 5.56 Å². The number of benzene rings is 2. The highest BCUT2D eigenvalue weighted by Crippen LogP contribution is 2.19. The second kappa shape index (κ2) is 7.29. The lowest BCUT2D eigenvalue weighted by Crippen LogP contribution is -2.26. The second-order valence-electron chi connectivity index (χ2n) is 4.79. The lowest BCUT2D eigenvalue weighted by atomic mass is 10.2. The summed E-state index contributed by atoms with van der Waals surface area (Å²) in [5.74, 6) is 0.245. The van der Waals surface area contributed by atoms with Gasteiger partial charge in [-0.25, -0.2) is 4.39 Å². The molecule has 21 heavy (non-hydrogen) atoms. The zero-order valence-corrected chi connectivity index (χ0v) is 12.4. The van der Waals surface area contributed by atoms with E-state index in [1.165, 1.54) is 12.1 Å². The third kappa shape index (κ3) is 4.92. The normalized spacial score (nSPS) is 12.0. The van der Waals surface area contributed by atoms with E-state index < -0.39 is 11.9 Å². The van der Waals surface area contributed by atoms with Crippen LogP contribution in [-0.2, 0) is 0 Å². The van der Waals surface area contributed by atoms with E-state index in [-0.39, 0.29) is 18.2 Å². The van der Waals surface area contributed by atoms with E-state index in [1.54, 1.807) is 6.07 Å². The highest BCUT2D eigenvalue weighted by atomic mass is 35.5. The fraction of sp³-hybridized carbons (Fsp3) is 0.250. The summed E-state index contributed by atoms with van der Waals surface area (Å²) in [6.45, 7) is 2.45. The van der Waals surface area contributed by atoms with Crippen molar-refractivity contribution >= 4 is 17.3 Å². The van der Waals surface area contributed by atoms with Crippen LogP contribution < -0.4 is 10.1 Å². The number of aliphatic hydroxyl groups is 1. The zero-order valence-electron chi connectivity index (χ0n) is 11.6. The van der Waals surface area contributed by atoms with Gasteiger partial charge in [-0.1, -0.05) is 29.3 Å². The van der Waals surface area contributed by atoms with Crippen LogP contribution in [0.15, 0.2) is 42.5 Å². The van der Waals surface area contributed by atoms with Crippen LogP contribution >= 0.6 is 11.6 Å². The quantitative estimate of drug-likeness (QED) is 0.856. The van der Waals surface area contributed by atoms with Gasteiger partial charge in [-0.15, -0.1) is 0 Å². The Morgan fingerprint density at radius 1 is 1.24 bits per heavy atom. The Hall–Kier alpha value is -1.78. The number of aryl methyl sites for hydroxylation is 1. The van der Waals surface area contributed by atoms with Crippen LogP contribution in [0, 0.1) is 12.7 Å². The monoisotopic (exact) mass is 309 g/mol. The fourth-order valence-electron chi connectivity index (χ4n) is 1.73. The minimum Gasteiger partial charge on any atom is -0.491 e. The maximum absolute atomic E-state index is 13.0. The van der Waals surface area contributed by atoms with Gasteiger partial charge in [0.15, 0.2) is 0 Å². The van der Waals surface area contributed by atoms with Gasteiger partial charge in [-0.05, 0) is 37.3 Å². The Balaban J connectivity index is 1.77. The summed E-state index contributed by atoms with van der Waals surface area (Å²) in [5, 5.41) is 12.9. The molecule has 0 aromatic heterocycles. The van der Waals surface area contributed by atoms with E-state index in [1.807, 2.05) is 31.2 Å². The summed E-state index contributed by atoms with van der Waals surface area (Å²) in [6, 6.07) is 11.9. The van der Waals surface area contributed by atoms with Crippen molar-refractivity contribution in [2.24, 2.45) is 0 Å². The van der Waals surface area contributed by atoms with E-state index in [2.05, 4.69) is 5.32 Å². The summed E-state index contributed by atoms with van der Waals surface area (Å²) in [4.78, 5) is 0. The van der Waals surface area contributed by atoms with E-state index >= 15 is 0 Å². The Morgan fingerprint density at radius 3 is 2.62 bits per heavy atom. The third-order valence-electron chi connectivity index (χ3n) is 2.92. The maximum atomic E-state index is 13.0. The molecule has 0 bridgehead atoms. The number of anilines is 1. The fourth-order valence-corrected chi connectivity index (χ4v) is 1.91. The van der Waals surface area contributed by atoms with Crippen LogP contribution in [0.5, 0.6) is 5.75 Å². The van der Waals surface area contributed by atoms with E-state index in [9.17, 15) is 9.50 Å². The van der Waals surface area contributed by atoms with Gasteiger partial charge in [-0.3, -0.25) is 0 Å². The smallest absolute Gasteiger partial charge is 0.141 e. The molecule has 5 heteroatoms. The van der Waals surface area contributed by atoms with Crippen LogP contribution in [0.1, 0.15) is 5.56 Å². The molecule has 0 aliphatic carbocycles. The SMILES string of the molecule is Cc1ccc(OCC(O)CNc2ccc(F)c(Cl)c2)cc1. The first kappa shape index (κ1) is 15.6. The number of hydrogen-bond acceptors (Lipinski definition) is 3. The number of nitrogens with one attached hydrogen (secondary N) is 1. The van der Waals surface area contributed by atoms with Gasteiger partial charge in [0, 0.05) is 12.2 Å². The number of ether oxygens (including phenoxy) is 1. The molecule has 0 aliphatic heterocycles. The molecular weight excluding hydrogens is 293 g/mol. The summed E-state index contributed by atoms with van der Waals surface area (Å²) in [6.07, 6.45) is -0.685. The number of rotatable bonds is 6. The van der Waals surface area contributed by atoms with Gasteiger partial charge in [0.1, 0.15) is 24.3 Å². The standard InChI is InChI=1S/C16H17ClFNO2/c1-11-2-5-14(6-3-11)21-10-13(20)9-19-12-4-7-16(18)15(17)8-12/h2-8,13,19-20H,9-10H2,1H3. The van der Waals surface area contributed by atoms with Crippen LogP contribution in [0.4, 0.5) is 10.1 Å². The average molecular weight is 310 g/mol. The van der Waals surface area contributed by atoms with Crippen molar-refractivity contribution in [3.8, 4) is 5.75 Å². The molecule has 0 spiro atoms. The molecule has 2 rings (SSSR count). The molecule has 0 heterocycles. The van der Waals surface area contributed by atoms with Crippen molar-refractivity contribution in [2.75, 3.05) is 18.5 Å². The van der Waals surface area contributed by atoms with Crippen LogP contribution in [0.25, 0.3) is 0 Å². The number of hydrogen-bond donors (Lipinski definition) is 2. The highest BCUT2D eigenvalue weighted by Gasteiger charge is 2.06. The Morgan fingerprint density at radius 2 is 1.95 bits per heavy atom. The molecule has 0 radical (unpaired) electrons. The molecular formula is C16H17ClFNO2. The molecule has 0 aliphatic rings. The van der Waals surface area contributed by atoms with Crippen molar-refractivity contribution < 1.29 is 14.2 Å². The molecule has 0 saturated heterocycles. The molecule has 2 aromatic carbocycles. The lowest BCUT2D eigenvalue weighted by molar-refractivity contribution is 0.117. The Kier molecular flexibility index (Phi) is 5.42. The first-order chi connectivity index (χ1) is 10.0. The van der Waals surface area contributed by atoms with Gasteiger partial charge in [0.05, 0.1) is 5.02 Å². The van der Waals surface area contributed by atoms with Gasteiger partial charge >= 0.3 is 0 Å². The van der Waals surface area contributed by atoms with E-state index in [0.29, 0.717) is 11.4 Å². The molecule has 2 aromatic rings. The average Bonchev–Trinajstić information content (AvgIpc) is 2.48. The second-order valence-corrected chi connectivity index (χ2v) is 5.19. The molecule has 1 unspecified atom stereocenters. The number of aliphatic hydroxyl groups excluding tert-OH is 1. The molecule has 1 atom stereocenters. The maximum Gasteiger partial charge on any atom is 0.141 e. The molecule has 0 saturated carbocycles. The highest BCUT2D eigenvalue weighted by molar-refractivity contribution is 6.31. The summed E-state index contributed by atoms with van der Waals surface area (Å²) >= 11 is 5.68. The minimum atomic E-state index is -0.685. The Bertz CT molecular complexity index is 589. The first-order valence-electron chi connectivity index (χ1n) is 6.61. The van der Waals surface area contributed by atoms with Crippen molar-refractivity contribution in [3.05, 3.63) is 58.9 Å². The lowest BCUT2D eigenvalue weighted by Gasteiger charge is -2.14. The van der Waals surface area contributed by atoms with Gasteiger partial charge in [0.25, 0.3) is 0 Å². The molecule has 2 N–H and O–H groups in total. The van der Waals surface area contributed by atoms with Gasteiger partial charge in [-0.2, -0.15) is 0 Å². The minimum absolute atomic E-state index is 0.0467. The number of halogens is 2. The third-order valence-corrected chi connectivity index (χ3v) is 3.21. The van der Waals surface area contributed by atoms with Crippen LogP contribution in [-0.4, -0.2) is 24.4 Å². The summed E-state index contributed by atoms with van der Waals surface area (Å²) in [7, 11) is 0. The topological polar surface area (TPSA) is 41.5 Å². The van der Waals surface area contributed by atoms with Crippen LogP contribution in [0.3, 0.4) is 0 Å². The van der Waals surface area contributed by atoms with Gasteiger partial charge in [0.2, 0.25) is 0 Å². The molecule has 3 nitrogen and oxygen atoms in total. The summed E-state index contributed by atoms with van der Waals surface area (Å²) < 4.78 is 18.5. The summed E-state index contributed by atoms with van der Waals surface area (Å²) in [5.41, 5.74) is 1.80. The molecule has 0 amide bonds. The van der Waals surface area contributed by atoms with Crippen LogP contribution in [0.2, 0.25) is 5.02 Å². The van der Waals surface area contributed by atoms with Crippen molar-refractivity contribution in [1.29, 1.82) is 0 Å². The first-order valence-corrected chi connectivity index (χ1v) is 6.99.